The summed E-state index contributed by atoms with van der Waals surface area (Å²) in [5, 5.41) is 3.70. The van der Waals surface area contributed by atoms with Crippen molar-refractivity contribution in [2.45, 2.75) is 25.8 Å². The van der Waals surface area contributed by atoms with Crippen LogP contribution in [-0.4, -0.2) is 31.2 Å². The van der Waals surface area contributed by atoms with E-state index in [2.05, 4.69) is 10.3 Å². The second kappa shape index (κ2) is 8.24. The van der Waals surface area contributed by atoms with Crippen molar-refractivity contribution >= 4 is 17.4 Å². The predicted molar refractivity (Wildman–Crippen MR) is 71.5 cm³/mol. The average molecular weight is 294 g/mol. The van der Waals surface area contributed by atoms with E-state index in [1.165, 1.54) is 6.20 Å². The third-order valence-corrected chi connectivity index (χ3v) is 2.74. The first-order chi connectivity index (χ1) is 9.04. The van der Waals surface area contributed by atoms with Crippen LogP contribution in [0, 0.1) is 0 Å². The van der Waals surface area contributed by atoms with Crippen LogP contribution in [0.5, 0.6) is 0 Å². The molecule has 0 radical (unpaired) electrons. The number of nitrogen functional groups attached to an aromatic ring is 1. The van der Waals surface area contributed by atoms with E-state index in [-0.39, 0.29) is 12.6 Å². The molecule has 0 aliphatic carbocycles. The molecule has 0 aliphatic rings. The Labute approximate surface area is 116 Å². The summed E-state index contributed by atoms with van der Waals surface area (Å²) in [5.41, 5.74) is 6.56. The van der Waals surface area contributed by atoms with Crippen LogP contribution < -0.4 is 11.1 Å². The predicted octanol–water partition coefficient (Wildman–Crippen LogP) is 2.64. The van der Waals surface area contributed by atoms with Crippen molar-refractivity contribution in [2.75, 3.05) is 25.5 Å². The van der Waals surface area contributed by atoms with Gasteiger partial charge in [-0.05, 0) is 19.0 Å². The van der Waals surface area contributed by atoms with Gasteiger partial charge < -0.3 is 15.8 Å². The summed E-state index contributed by atoms with van der Waals surface area (Å²) < 4.78 is 28.8. The van der Waals surface area contributed by atoms with Gasteiger partial charge in [0, 0.05) is 24.4 Å². The minimum atomic E-state index is -2.45. The van der Waals surface area contributed by atoms with Gasteiger partial charge in [0.15, 0.2) is 0 Å². The normalized spacial score (nSPS) is 12.9. The lowest BCUT2D eigenvalue weighted by atomic mass is 10.1. The molecular formula is C12H18ClF2N3O. The first kappa shape index (κ1) is 16.1. The molecule has 7 heteroatoms. The highest BCUT2D eigenvalue weighted by molar-refractivity contribution is 6.30. The highest BCUT2D eigenvalue weighted by Crippen LogP contribution is 2.24. The Kier molecular flexibility index (Phi) is 6.97. The number of nitrogens with two attached hydrogens (primary N) is 1. The van der Waals surface area contributed by atoms with E-state index in [4.69, 9.17) is 22.1 Å². The third kappa shape index (κ3) is 5.67. The largest absolute Gasteiger partial charge is 0.383 e. The molecule has 108 valence electrons. The minimum absolute atomic E-state index is 0.117. The van der Waals surface area contributed by atoms with Crippen LogP contribution in [-0.2, 0) is 4.74 Å². The van der Waals surface area contributed by atoms with Crippen LogP contribution in [0.3, 0.4) is 0 Å². The van der Waals surface area contributed by atoms with Gasteiger partial charge in [0.05, 0.1) is 5.02 Å². The number of anilines is 1. The maximum absolute atomic E-state index is 12.0. The number of pyridine rings is 1. The number of halogens is 3. The molecule has 1 atom stereocenters. The lowest BCUT2D eigenvalue weighted by molar-refractivity contribution is 0.0144. The van der Waals surface area contributed by atoms with Gasteiger partial charge in [-0.3, -0.25) is 0 Å². The molecule has 0 aliphatic heterocycles. The maximum Gasteiger partial charge on any atom is 0.261 e. The summed E-state index contributed by atoms with van der Waals surface area (Å²) >= 11 is 5.89. The molecule has 0 fully saturated rings. The highest BCUT2D eigenvalue weighted by Gasteiger charge is 2.15. The van der Waals surface area contributed by atoms with Gasteiger partial charge in [0.1, 0.15) is 12.4 Å². The minimum Gasteiger partial charge on any atom is -0.383 e. The first-order valence-electron chi connectivity index (χ1n) is 6.04. The zero-order valence-electron chi connectivity index (χ0n) is 10.7. The van der Waals surface area contributed by atoms with Gasteiger partial charge in [0.2, 0.25) is 0 Å². The second-order valence-electron chi connectivity index (χ2n) is 3.99. The number of hydrogen-bond donors (Lipinski definition) is 2. The summed E-state index contributed by atoms with van der Waals surface area (Å²) in [6.45, 7) is 2.32. The zero-order valence-corrected chi connectivity index (χ0v) is 11.5. The van der Waals surface area contributed by atoms with Crippen LogP contribution in [0.1, 0.15) is 24.9 Å². The van der Waals surface area contributed by atoms with E-state index < -0.39 is 13.0 Å². The van der Waals surface area contributed by atoms with Crippen molar-refractivity contribution in [3.63, 3.8) is 0 Å². The summed E-state index contributed by atoms with van der Waals surface area (Å²) in [4.78, 5) is 3.98. The Bertz CT molecular complexity index is 393. The molecule has 0 saturated heterocycles. The fourth-order valence-electron chi connectivity index (χ4n) is 1.73. The smallest absolute Gasteiger partial charge is 0.261 e. The molecule has 1 heterocycles. The molecule has 3 N–H and O–H groups in total. The van der Waals surface area contributed by atoms with Crippen molar-refractivity contribution in [1.29, 1.82) is 0 Å². The monoisotopic (exact) mass is 293 g/mol. The molecule has 1 aromatic heterocycles. The Balaban J connectivity index is 2.63. The Morgan fingerprint density at radius 3 is 2.89 bits per heavy atom. The van der Waals surface area contributed by atoms with Crippen LogP contribution >= 0.6 is 11.6 Å². The molecular weight excluding hydrogens is 276 g/mol. The van der Waals surface area contributed by atoms with E-state index in [9.17, 15) is 8.78 Å². The molecule has 0 aromatic carbocycles. The van der Waals surface area contributed by atoms with Crippen molar-refractivity contribution in [3.8, 4) is 0 Å². The van der Waals surface area contributed by atoms with Crippen LogP contribution in [0.2, 0.25) is 5.02 Å². The summed E-state index contributed by atoms with van der Waals surface area (Å²) in [6.07, 6.45) is -0.459. The van der Waals surface area contributed by atoms with Crippen molar-refractivity contribution < 1.29 is 13.5 Å². The fraction of sp³-hybridized carbons (Fsp3) is 0.583. The molecule has 1 unspecified atom stereocenters. The SMILES string of the molecule is CCNC(CCOCC(F)F)c1cc(Cl)cnc1N. The molecule has 4 nitrogen and oxygen atoms in total. The molecule has 0 amide bonds. The highest BCUT2D eigenvalue weighted by atomic mass is 35.5. The quantitative estimate of drug-likeness (QED) is 0.724. The molecule has 19 heavy (non-hydrogen) atoms. The van der Waals surface area contributed by atoms with Crippen molar-refractivity contribution in [3.05, 3.63) is 22.8 Å². The van der Waals surface area contributed by atoms with Crippen LogP contribution in [0.4, 0.5) is 14.6 Å². The number of nitrogens with one attached hydrogen (secondary N) is 1. The summed E-state index contributed by atoms with van der Waals surface area (Å²) in [6, 6.07) is 1.61. The van der Waals surface area contributed by atoms with E-state index in [0.717, 1.165) is 5.56 Å². The van der Waals surface area contributed by atoms with Gasteiger partial charge in [-0.25, -0.2) is 13.8 Å². The lowest BCUT2D eigenvalue weighted by Gasteiger charge is -2.19. The van der Waals surface area contributed by atoms with Gasteiger partial charge in [-0.15, -0.1) is 0 Å². The molecule has 1 aromatic rings. The number of rotatable bonds is 8. The number of ether oxygens (including phenoxy) is 1. The zero-order chi connectivity index (χ0) is 14.3. The number of nitrogens with zero attached hydrogens (tertiary/aromatic N) is 1. The van der Waals surface area contributed by atoms with E-state index in [0.29, 0.717) is 23.8 Å². The lowest BCUT2D eigenvalue weighted by Crippen LogP contribution is -2.24. The summed E-state index contributed by atoms with van der Waals surface area (Å²) in [5.74, 6) is 0.379. The topological polar surface area (TPSA) is 60.2 Å². The Morgan fingerprint density at radius 1 is 1.53 bits per heavy atom. The Hall–Kier alpha value is -0.980. The first-order valence-corrected chi connectivity index (χ1v) is 6.42. The number of alkyl halides is 2. The fourth-order valence-corrected chi connectivity index (χ4v) is 1.90. The van der Waals surface area contributed by atoms with E-state index >= 15 is 0 Å². The van der Waals surface area contributed by atoms with Gasteiger partial charge >= 0.3 is 0 Å². The third-order valence-electron chi connectivity index (χ3n) is 2.54. The average Bonchev–Trinajstić information content (AvgIpc) is 2.36. The second-order valence-corrected chi connectivity index (χ2v) is 4.43. The standard InChI is InChI=1S/C12H18ClF2N3O/c1-2-17-10(3-4-19-7-11(14)15)9-5-8(13)6-18-12(9)16/h5-6,10-11,17H,2-4,7H2,1H3,(H2,16,18). The van der Waals surface area contributed by atoms with Crippen molar-refractivity contribution in [2.24, 2.45) is 0 Å². The van der Waals surface area contributed by atoms with Gasteiger partial charge in [-0.1, -0.05) is 18.5 Å². The van der Waals surface area contributed by atoms with Gasteiger partial charge in [-0.2, -0.15) is 0 Å². The maximum atomic E-state index is 12.0. The summed E-state index contributed by atoms with van der Waals surface area (Å²) in [7, 11) is 0. The van der Waals surface area contributed by atoms with Crippen LogP contribution in [0.15, 0.2) is 12.3 Å². The van der Waals surface area contributed by atoms with Crippen molar-refractivity contribution in [1.82, 2.24) is 10.3 Å². The van der Waals surface area contributed by atoms with E-state index in [1.807, 2.05) is 6.92 Å². The molecule has 0 bridgehead atoms. The number of hydrogen-bond acceptors (Lipinski definition) is 4. The number of aromatic nitrogens is 1. The van der Waals surface area contributed by atoms with Gasteiger partial charge in [0.25, 0.3) is 6.43 Å². The molecule has 0 saturated carbocycles. The Morgan fingerprint density at radius 2 is 2.26 bits per heavy atom. The molecule has 0 spiro atoms. The van der Waals surface area contributed by atoms with Crippen LogP contribution in [0.25, 0.3) is 0 Å². The van der Waals surface area contributed by atoms with E-state index in [1.54, 1.807) is 6.07 Å². The molecule has 1 rings (SSSR count).